The molecule has 1 aliphatic heterocycles. The molecular weight excluding hydrogens is 641 g/mol. The topological polar surface area (TPSA) is 83.0 Å². The summed E-state index contributed by atoms with van der Waals surface area (Å²) in [6, 6.07) is 15.4. The summed E-state index contributed by atoms with van der Waals surface area (Å²) in [5.74, 6) is 0.229. The summed E-state index contributed by atoms with van der Waals surface area (Å²) in [5.41, 5.74) is 8.62. The third kappa shape index (κ3) is 15.8. The van der Waals surface area contributed by atoms with Crippen molar-refractivity contribution in [1.82, 2.24) is 9.88 Å². The first kappa shape index (κ1) is 43.7. The molecule has 1 N–H and O–H groups in total. The Bertz CT molecular complexity index is 1460. The minimum Gasteiger partial charge on any atom is -0.391 e. The van der Waals surface area contributed by atoms with Gasteiger partial charge in [-0.05, 0) is 109 Å². The number of halogens is 1. The number of aldehydes is 2. The van der Waals surface area contributed by atoms with Gasteiger partial charge in [-0.15, -0.1) is 0 Å². The lowest BCUT2D eigenvalue weighted by atomic mass is 9.82. The Balaban J connectivity index is 0.000000500. The zero-order chi connectivity index (χ0) is 38.2. The monoisotopic (exact) mass is 705 g/mol. The van der Waals surface area contributed by atoms with Crippen LogP contribution in [0.1, 0.15) is 102 Å². The van der Waals surface area contributed by atoms with Crippen LogP contribution in [0.4, 0.5) is 10.1 Å². The van der Waals surface area contributed by atoms with Gasteiger partial charge in [0.25, 0.3) is 0 Å². The predicted molar refractivity (Wildman–Crippen MR) is 209 cm³/mol. The zero-order valence-corrected chi connectivity index (χ0v) is 33.0. The van der Waals surface area contributed by atoms with Crippen molar-refractivity contribution >= 4 is 18.3 Å². The van der Waals surface area contributed by atoms with E-state index >= 15 is 0 Å². The highest BCUT2D eigenvalue weighted by Gasteiger charge is 2.29. The minimum atomic E-state index is -0.500. The fourth-order valence-corrected chi connectivity index (χ4v) is 5.85. The number of aromatic nitrogens is 1. The summed E-state index contributed by atoms with van der Waals surface area (Å²) in [4.78, 5) is 31.0. The van der Waals surface area contributed by atoms with Crippen LogP contribution in [0.3, 0.4) is 0 Å². The van der Waals surface area contributed by atoms with Crippen LogP contribution in [0, 0.1) is 31.0 Å². The molecule has 0 atom stereocenters. The molecule has 2 aromatic carbocycles. The van der Waals surface area contributed by atoms with E-state index in [4.69, 9.17) is 10.1 Å². The predicted octanol–water partition coefficient (Wildman–Crippen LogP) is 8.92. The van der Waals surface area contributed by atoms with Crippen molar-refractivity contribution in [3.05, 3.63) is 82.4 Å². The van der Waals surface area contributed by atoms with Crippen LogP contribution in [0.2, 0.25) is 0 Å². The lowest BCUT2D eigenvalue weighted by Gasteiger charge is -2.40. The van der Waals surface area contributed by atoms with Crippen molar-refractivity contribution in [2.24, 2.45) is 11.3 Å². The summed E-state index contributed by atoms with van der Waals surface area (Å²) >= 11 is 0. The summed E-state index contributed by atoms with van der Waals surface area (Å²) in [7, 11) is 3.76. The Morgan fingerprint density at radius 2 is 1.45 bits per heavy atom. The first-order valence-corrected chi connectivity index (χ1v) is 18.4. The molecule has 1 saturated heterocycles. The van der Waals surface area contributed by atoms with E-state index in [0.717, 1.165) is 105 Å². The van der Waals surface area contributed by atoms with E-state index in [9.17, 15) is 14.0 Å². The second-order valence-corrected chi connectivity index (χ2v) is 15.6. The van der Waals surface area contributed by atoms with Gasteiger partial charge in [0.2, 0.25) is 0 Å². The first-order chi connectivity index (χ1) is 24.0. The third-order valence-corrected chi connectivity index (χ3v) is 9.07. The molecule has 0 bridgehead atoms. The lowest BCUT2D eigenvalue weighted by molar-refractivity contribution is -0.113. The van der Waals surface area contributed by atoms with Crippen molar-refractivity contribution in [2.75, 3.05) is 38.8 Å². The number of ether oxygens (including phenoxy) is 1. The Kier molecular flexibility index (Phi) is 18.1. The Morgan fingerprint density at radius 3 is 1.84 bits per heavy atom. The molecule has 0 amide bonds. The Morgan fingerprint density at radius 1 is 0.961 bits per heavy atom. The van der Waals surface area contributed by atoms with Gasteiger partial charge in [-0.1, -0.05) is 56.7 Å². The maximum absolute atomic E-state index is 13.2. The van der Waals surface area contributed by atoms with E-state index in [1.807, 2.05) is 26.0 Å². The Labute approximate surface area is 307 Å². The number of aryl methyl sites for hydroxylation is 2. The average Bonchev–Trinajstić information content (AvgIpc) is 3.03. The van der Waals surface area contributed by atoms with Gasteiger partial charge < -0.3 is 24.3 Å². The van der Waals surface area contributed by atoms with Gasteiger partial charge in [0.1, 0.15) is 18.4 Å². The maximum Gasteiger partial charge on any atom is 0.124 e. The number of hydrogen-bond acceptors (Lipinski definition) is 7. The largest absolute Gasteiger partial charge is 0.391 e. The molecule has 2 aliphatic rings. The van der Waals surface area contributed by atoms with Crippen molar-refractivity contribution in [3.8, 4) is 11.1 Å². The van der Waals surface area contributed by atoms with Crippen LogP contribution in [0.25, 0.3) is 11.1 Å². The van der Waals surface area contributed by atoms with E-state index in [-0.39, 0.29) is 5.82 Å². The number of aliphatic hydroxyl groups is 1. The van der Waals surface area contributed by atoms with Gasteiger partial charge in [-0.3, -0.25) is 9.88 Å². The molecule has 3 aromatic rings. The van der Waals surface area contributed by atoms with Gasteiger partial charge in [0.05, 0.1) is 11.3 Å². The van der Waals surface area contributed by atoms with E-state index in [1.165, 1.54) is 29.8 Å². The number of pyridine rings is 1. The number of piperidine rings is 1. The fourth-order valence-electron chi connectivity index (χ4n) is 5.85. The molecule has 8 heteroatoms. The van der Waals surface area contributed by atoms with E-state index < -0.39 is 5.60 Å². The fraction of sp³-hybridized carbons (Fsp3) is 0.558. The van der Waals surface area contributed by atoms with Gasteiger partial charge in [0, 0.05) is 74.7 Å². The normalized spacial score (nSPS) is 15.3. The number of carbonyl (C=O) groups excluding carboxylic acids is 2. The smallest absolute Gasteiger partial charge is 0.124 e. The molecule has 0 unspecified atom stereocenters. The number of carbonyl (C=O) groups is 2. The number of benzene rings is 2. The number of nitrogens with zero attached hydrogens (tertiary/aromatic N) is 3. The molecule has 1 saturated carbocycles. The molecule has 2 fully saturated rings. The summed E-state index contributed by atoms with van der Waals surface area (Å²) < 4.78 is 17.8. The van der Waals surface area contributed by atoms with Crippen LogP contribution >= 0.6 is 0 Å². The van der Waals surface area contributed by atoms with Gasteiger partial charge in [-0.25, -0.2) is 4.39 Å². The molecule has 7 nitrogen and oxygen atoms in total. The van der Waals surface area contributed by atoms with E-state index in [0.29, 0.717) is 17.8 Å². The van der Waals surface area contributed by atoms with Crippen molar-refractivity contribution < 1.29 is 23.8 Å². The Hall–Kier alpha value is -3.46. The van der Waals surface area contributed by atoms with E-state index in [2.05, 4.69) is 66.6 Å². The third-order valence-electron chi connectivity index (χ3n) is 9.07. The van der Waals surface area contributed by atoms with E-state index in [1.54, 1.807) is 27.9 Å². The highest BCUT2D eigenvalue weighted by molar-refractivity contribution is 5.85. The quantitative estimate of drug-likeness (QED) is 0.211. The molecule has 0 radical (unpaired) electrons. The maximum atomic E-state index is 13.2. The van der Waals surface area contributed by atoms with Gasteiger partial charge >= 0.3 is 0 Å². The van der Waals surface area contributed by atoms with Gasteiger partial charge in [0.15, 0.2) is 0 Å². The molecule has 2 heterocycles. The molecular formula is C43H64FN3O4. The molecule has 1 aromatic heterocycles. The molecule has 1 aliphatic carbocycles. The van der Waals surface area contributed by atoms with Crippen molar-refractivity contribution in [3.63, 3.8) is 0 Å². The van der Waals surface area contributed by atoms with Crippen LogP contribution in [-0.4, -0.2) is 67.0 Å². The zero-order valence-electron chi connectivity index (χ0n) is 33.0. The summed E-state index contributed by atoms with van der Waals surface area (Å²) in [6.07, 6.45) is 8.26. The number of rotatable bonds is 10. The standard InChI is InChI=1S/C31H38FN3O.C5H8O.C4H10O.C3H8O/c1-22-28(14-19-36)30(35-17-15-31(3,4)16-18-35)29(23(2)33-22)26-10-6-24(7-11-26)20-34(5)21-25-8-12-27(32)13-9-25;6-4-5-2-1-3-5;1-4(2,3)5;1-3-4-2/h6-13,19H,14-18,20-21H2,1-5H3;4-5H,1-3H2;5H,1-3H3;3H2,1-2H3. The van der Waals surface area contributed by atoms with Gasteiger partial charge in [-0.2, -0.15) is 0 Å². The van der Waals surface area contributed by atoms with Crippen LogP contribution in [0.15, 0.2) is 48.5 Å². The van der Waals surface area contributed by atoms with Crippen LogP contribution in [0.5, 0.6) is 0 Å². The second-order valence-electron chi connectivity index (χ2n) is 15.6. The van der Waals surface area contributed by atoms with Crippen molar-refractivity contribution in [1.29, 1.82) is 0 Å². The molecule has 0 spiro atoms. The number of hydrogen-bond donors (Lipinski definition) is 1. The van der Waals surface area contributed by atoms with Crippen LogP contribution in [-0.2, 0) is 33.8 Å². The highest BCUT2D eigenvalue weighted by Crippen LogP contribution is 2.41. The second kappa shape index (κ2) is 21.2. The molecule has 51 heavy (non-hydrogen) atoms. The minimum absolute atomic E-state index is 0.207. The average molecular weight is 706 g/mol. The first-order valence-electron chi connectivity index (χ1n) is 18.4. The molecule has 282 valence electrons. The number of anilines is 1. The SMILES string of the molecule is CC(C)(C)O.CCOC.Cc1nc(C)c(-c2ccc(CN(C)Cc3ccc(F)cc3)cc2)c(N2CCC(C)(C)CC2)c1CC=O.O=CC1CCC1. The molecule has 5 rings (SSSR count). The van der Waals surface area contributed by atoms with Crippen molar-refractivity contribution in [2.45, 2.75) is 113 Å². The summed E-state index contributed by atoms with van der Waals surface area (Å²) in [6.45, 7) is 20.3. The highest BCUT2D eigenvalue weighted by atomic mass is 19.1. The lowest BCUT2D eigenvalue weighted by Crippen LogP contribution is -2.38. The van der Waals surface area contributed by atoms with Crippen LogP contribution < -0.4 is 4.90 Å². The summed E-state index contributed by atoms with van der Waals surface area (Å²) in [5, 5.41) is 8.52. The number of methoxy groups -OCH3 is 1.